The molecule has 0 saturated carbocycles. The summed E-state index contributed by atoms with van der Waals surface area (Å²) in [6, 6.07) is 9.05. The van der Waals surface area contributed by atoms with Crippen LogP contribution in [0.25, 0.3) is 0 Å². The summed E-state index contributed by atoms with van der Waals surface area (Å²) in [5.74, 6) is 1.84. The van der Waals surface area contributed by atoms with Gasteiger partial charge in [0.05, 0.1) is 6.54 Å². The molecule has 1 aromatic heterocycles. The van der Waals surface area contributed by atoms with Crippen molar-refractivity contribution in [3.05, 3.63) is 53.2 Å². The zero-order valence-corrected chi connectivity index (χ0v) is 12.1. The summed E-state index contributed by atoms with van der Waals surface area (Å²) < 4.78 is 24.5. The van der Waals surface area contributed by atoms with E-state index in [1.807, 2.05) is 12.1 Å². The largest absolute Gasteiger partial charge is 0.486 e. The standard InChI is InChI=1S/C16H20FNO2/c1-11(2)18-9-14-6-7-15(20-14)10-19-13-5-4-12(3)16(17)8-13/h4-8,11,18H,9-10H2,1-3H3. The molecule has 0 unspecified atom stereocenters. The normalized spacial score (nSPS) is 11.1. The third-order valence-electron chi connectivity index (χ3n) is 2.93. The second-order valence-corrected chi connectivity index (χ2v) is 5.10. The van der Waals surface area contributed by atoms with Crippen molar-refractivity contribution < 1.29 is 13.5 Å². The van der Waals surface area contributed by atoms with Crippen molar-refractivity contribution in [1.29, 1.82) is 0 Å². The molecule has 4 heteroatoms. The van der Waals surface area contributed by atoms with E-state index in [4.69, 9.17) is 9.15 Å². The van der Waals surface area contributed by atoms with Crippen LogP contribution >= 0.6 is 0 Å². The number of nitrogens with one attached hydrogen (secondary N) is 1. The first-order valence-electron chi connectivity index (χ1n) is 6.74. The minimum absolute atomic E-state index is 0.260. The predicted octanol–water partition coefficient (Wildman–Crippen LogP) is 3.80. The van der Waals surface area contributed by atoms with E-state index in [0.29, 0.717) is 30.5 Å². The molecular formula is C16H20FNO2. The van der Waals surface area contributed by atoms with Gasteiger partial charge in [0.25, 0.3) is 0 Å². The number of hydrogen-bond acceptors (Lipinski definition) is 3. The number of hydrogen-bond donors (Lipinski definition) is 1. The number of benzene rings is 1. The van der Waals surface area contributed by atoms with Crippen LogP contribution in [0.1, 0.15) is 30.9 Å². The summed E-state index contributed by atoms with van der Waals surface area (Å²) in [4.78, 5) is 0. The quantitative estimate of drug-likeness (QED) is 0.872. The molecule has 0 aliphatic carbocycles. The second kappa shape index (κ2) is 6.57. The van der Waals surface area contributed by atoms with Crippen molar-refractivity contribution in [2.24, 2.45) is 0 Å². The van der Waals surface area contributed by atoms with E-state index in [1.54, 1.807) is 19.1 Å². The number of rotatable bonds is 6. The molecule has 3 nitrogen and oxygen atoms in total. The van der Waals surface area contributed by atoms with Gasteiger partial charge in [-0.05, 0) is 30.7 Å². The molecule has 2 rings (SSSR count). The predicted molar refractivity (Wildman–Crippen MR) is 76.2 cm³/mol. The molecule has 0 amide bonds. The number of ether oxygens (including phenoxy) is 1. The van der Waals surface area contributed by atoms with Crippen molar-refractivity contribution in [1.82, 2.24) is 5.32 Å². The van der Waals surface area contributed by atoms with Gasteiger partial charge in [-0.2, -0.15) is 0 Å². The van der Waals surface area contributed by atoms with E-state index >= 15 is 0 Å². The SMILES string of the molecule is Cc1ccc(OCc2ccc(CNC(C)C)o2)cc1F. The first kappa shape index (κ1) is 14.6. The minimum Gasteiger partial charge on any atom is -0.486 e. The molecule has 2 aromatic rings. The fraction of sp³-hybridized carbons (Fsp3) is 0.375. The molecule has 0 aliphatic heterocycles. The van der Waals surface area contributed by atoms with E-state index in [0.717, 1.165) is 11.5 Å². The molecule has 1 heterocycles. The van der Waals surface area contributed by atoms with Crippen LogP contribution in [-0.4, -0.2) is 6.04 Å². The maximum atomic E-state index is 13.4. The lowest BCUT2D eigenvalue weighted by atomic mass is 10.2. The molecule has 108 valence electrons. The molecule has 0 bridgehead atoms. The van der Waals surface area contributed by atoms with E-state index in [1.165, 1.54) is 6.07 Å². The highest BCUT2D eigenvalue weighted by Crippen LogP contribution is 2.18. The Morgan fingerprint density at radius 3 is 2.65 bits per heavy atom. The number of halogens is 1. The lowest BCUT2D eigenvalue weighted by Gasteiger charge is -2.06. The van der Waals surface area contributed by atoms with Crippen LogP contribution in [0.4, 0.5) is 4.39 Å². The van der Waals surface area contributed by atoms with Gasteiger partial charge in [0, 0.05) is 12.1 Å². The highest BCUT2D eigenvalue weighted by Gasteiger charge is 2.05. The Morgan fingerprint density at radius 1 is 1.20 bits per heavy atom. The number of aryl methyl sites for hydroxylation is 1. The lowest BCUT2D eigenvalue weighted by Crippen LogP contribution is -2.21. The zero-order valence-electron chi connectivity index (χ0n) is 12.1. The van der Waals surface area contributed by atoms with Crippen LogP contribution in [-0.2, 0) is 13.2 Å². The van der Waals surface area contributed by atoms with E-state index in [9.17, 15) is 4.39 Å². The van der Waals surface area contributed by atoms with Gasteiger partial charge >= 0.3 is 0 Å². The van der Waals surface area contributed by atoms with Gasteiger partial charge in [-0.25, -0.2) is 4.39 Å². The van der Waals surface area contributed by atoms with Gasteiger partial charge in [-0.1, -0.05) is 19.9 Å². The fourth-order valence-electron chi connectivity index (χ4n) is 1.72. The van der Waals surface area contributed by atoms with Gasteiger partial charge in [0.2, 0.25) is 0 Å². The summed E-state index contributed by atoms with van der Waals surface area (Å²) in [6.07, 6.45) is 0. The van der Waals surface area contributed by atoms with Gasteiger partial charge in [0.1, 0.15) is 29.7 Å². The Kier molecular flexibility index (Phi) is 4.79. The topological polar surface area (TPSA) is 34.4 Å². The van der Waals surface area contributed by atoms with Gasteiger partial charge in [0.15, 0.2) is 0 Å². The molecule has 0 fully saturated rings. The minimum atomic E-state index is -0.260. The summed E-state index contributed by atoms with van der Waals surface area (Å²) in [7, 11) is 0. The Bertz CT molecular complexity index is 563. The van der Waals surface area contributed by atoms with Crippen molar-refractivity contribution in [2.45, 2.75) is 40.0 Å². The zero-order chi connectivity index (χ0) is 14.5. The highest BCUT2D eigenvalue weighted by atomic mass is 19.1. The van der Waals surface area contributed by atoms with Crippen LogP contribution in [0, 0.1) is 12.7 Å². The van der Waals surface area contributed by atoms with Crippen LogP contribution in [0.15, 0.2) is 34.7 Å². The maximum absolute atomic E-state index is 13.4. The summed E-state index contributed by atoms with van der Waals surface area (Å²) in [5.41, 5.74) is 0.609. The van der Waals surface area contributed by atoms with Crippen molar-refractivity contribution in [3.63, 3.8) is 0 Å². The molecule has 0 atom stereocenters. The smallest absolute Gasteiger partial charge is 0.146 e. The monoisotopic (exact) mass is 277 g/mol. The molecule has 0 spiro atoms. The molecule has 1 aromatic carbocycles. The Labute approximate surface area is 118 Å². The summed E-state index contributed by atoms with van der Waals surface area (Å²) in [6.45, 7) is 6.87. The molecule has 20 heavy (non-hydrogen) atoms. The first-order chi connectivity index (χ1) is 9.54. The van der Waals surface area contributed by atoms with Crippen LogP contribution in [0.5, 0.6) is 5.75 Å². The van der Waals surface area contributed by atoms with Gasteiger partial charge in [-0.3, -0.25) is 0 Å². The Morgan fingerprint density at radius 2 is 1.95 bits per heavy atom. The summed E-state index contributed by atoms with van der Waals surface area (Å²) >= 11 is 0. The third kappa shape index (κ3) is 4.10. The molecule has 0 saturated heterocycles. The van der Waals surface area contributed by atoms with Crippen molar-refractivity contribution in [3.8, 4) is 5.75 Å². The Hall–Kier alpha value is -1.81. The van der Waals surface area contributed by atoms with E-state index < -0.39 is 0 Å². The molecule has 1 N–H and O–H groups in total. The van der Waals surface area contributed by atoms with Gasteiger partial charge < -0.3 is 14.5 Å². The van der Waals surface area contributed by atoms with Crippen LogP contribution < -0.4 is 10.1 Å². The first-order valence-corrected chi connectivity index (χ1v) is 6.74. The van der Waals surface area contributed by atoms with Crippen molar-refractivity contribution in [2.75, 3.05) is 0 Å². The Balaban J connectivity index is 1.89. The average molecular weight is 277 g/mol. The summed E-state index contributed by atoms with van der Waals surface area (Å²) in [5, 5.41) is 3.28. The second-order valence-electron chi connectivity index (χ2n) is 5.10. The average Bonchev–Trinajstić information content (AvgIpc) is 2.86. The van der Waals surface area contributed by atoms with E-state index in [-0.39, 0.29) is 5.82 Å². The molecular weight excluding hydrogens is 257 g/mol. The van der Waals surface area contributed by atoms with Crippen LogP contribution in [0.2, 0.25) is 0 Å². The van der Waals surface area contributed by atoms with Gasteiger partial charge in [-0.15, -0.1) is 0 Å². The fourth-order valence-corrected chi connectivity index (χ4v) is 1.72. The lowest BCUT2D eigenvalue weighted by molar-refractivity contribution is 0.263. The van der Waals surface area contributed by atoms with Crippen LogP contribution in [0.3, 0.4) is 0 Å². The van der Waals surface area contributed by atoms with Crippen molar-refractivity contribution >= 4 is 0 Å². The highest BCUT2D eigenvalue weighted by molar-refractivity contribution is 5.28. The molecule has 0 aliphatic rings. The maximum Gasteiger partial charge on any atom is 0.146 e. The number of furan rings is 1. The third-order valence-corrected chi connectivity index (χ3v) is 2.93. The van der Waals surface area contributed by atoms with E-state index in [2.05, 4.69) is 19.2 Å². The molecule has 0 radical (unpaired) electrons.